The van der Waals surface area contributed by atoms with E-state index in [1.54, 1.807) is 0 Å². The van der Waals surface area contributed by atoms with E-state index in [1.807, 2.05) is 0 Å². The maximum atomic E-state index is 10.6. The normalized spacial score (nSPS) is 49.3. The van der Waals surface area contributed by atoms with Crippen LogP contribution in [-0.2, 0) is 0 Å². The molecular formula is C30H54O. The SMILES string of the molecule is CCC(CC[C@@H](C)[C@H]1CC[C@H]2[C@@H]3CC[C@H]4[C@H](C)[C@@H](O)CC[C@]4(C)[C@H]3CC[C@]12C)C(C)C. The second kappa shape index (κ2) is 8.96. The van der Waals surface area contributed by atoms with Crippen molar-refractivity contribution in [3.8, 4) is 0 Å². The van der Waals surface area contributed by atoms with Crippen LogP contribution in [-0.4, -0.2) is 11.2 Å². The van der Waals surface area contributed by atoms with Crippen LogP contribution in [0.2, 0.25) is 0 Å². The van der Waals surface area contributed by atoms with E-state index >= 15 is 0 Å². The average Bonchev–Trinajstić information content (AvgIpc) is 3.08. The smallest absolute Gasteiger partial charge is 0.0568 e. The molecule has 4 aliphatic rings. The number of rotatable bonds is 6. The Balaban J connectivity index is 1.46. The van der Waals surface area contributed by atoms with E-state index < -0.39 is 0 Å². The summed E-state index contributed by atoms with van der Waals surface area (Å²) in [5.41, 5.74) is 1.10. The highest BCUT2D eigenvalue weighted by atomic mass is 16.3. The lowest BCUT2D eigenvalue weighted by Gasteiger charge is -2.62. The van der Waals surface area contributed by atoms with Gasteiger partial charge in [-0.1, -0.05) is 61.3 Å². The van der Waals surface area contributed by atoms with Crippen LogP contribution in [0.3, 0.4) is 0 Å². The molecule has 0 spiro atoms. The van der Waals surface area contributed by atoms with Gasteiger partial charge in [-0.2, -0.15) is 0 Å². The fraction of sp³-hybridized carbons (Fsp3) is 1.00. The minimum atomic E-state index is -0.0435. The lowest BCUT2D eigenvalue weighted by atomic mass is 9.43. The van der Waals surface area contributed by atoms with Crippen LogP contribution < -0.4 is 0 Å². The fourth-order valence-corrected chi connectivity index (χ4v) is 10.4. The van der Waals surface area contributed by atoms with Gasteiger partial charge in [0.2, 0.25) is 0 Å². The molecular weight excluding hydrogens is 376 g/mol. The molecule has 4 aliphatic carbocycles. The van der Waals surface area contributed by atoms with Gasteiger partial charge in [-0.3, -0.25) is 0 Å². The molecule has 0 radical (unpaired) electrons. The third kappa shape index (κ3) is 3.95. The topological polar surface area (TPSA) is 20.2 Å². The van der Waals surface area contributed by atoms with E-state index in [0.717, 1.165) is 53.8 Å². The molecule has 1 N–H and O–H groups in total. The summed E-state index contributed by atoms with van der Waals surface area (Å²) in [6, 6.07) is 0. The molecule has 1 unspecified atom stereocenters. The van der Waals surface area contributed by atoms with Gasteiger partial charge in [-0.15, -0.1) is 0 Å². The molecule has 0 aromatic heterocycles. The Bertz CT molecular complexity index is 612. The highest BCUT2D eigenvalue weighted by Gasteiger charge is 2.61. The van der Waals surface area contributed by atoms with E-state index in [1.165, 1.54) is 64.2 Å². The minimum Gasteiger partial charge on any atom is -0.393 e. The Hall–Kier alpha value is -0.0400. The summed E-state index contributed by atoms with van der Waals surface area (Å²) in [4.78, 5) is 0. The minimum absolute atomic E-state index is 0.0435. The Kier molecular flexibility index (Phi) is 6.96. The first kappa shape index (κ1) is 24.1. The zero-order valence-corrected chi connectivity index (χ0v) is 22.0. The van der Waals surface area contributed by atoms with Crippen molar-refractivity contribution in [2.24, 2.45) is 64.1 Å². The zero-order chi connectivity index (χ0) is 22.6. The molecule has 1 heteroatoms. The summed E-state index contributed by atoms with van der Waals surface area (Å²) in [5.74, 6) is 7.77. The summed E-state index contributed by atoms with van der Waals surface area (Å²) in [6.45, 7) is 17.6. The zero-order valence-electron chi connectivity index (χ0n) is 22.0. The second-order valence-corrected chi connectivity index (χ2v) is 13.7. The predicted molar refractivity (Wildman–Crippen MR) is 133 cm³/mol. The van der Waals surface area contributed by atoms with Crippen molar-refractivity contribution in [3.63, 3.8) is 0 Å². The number of hydrogen-bond donors (Lipinski definition) is 1. The number of hydrogen-bond acceptors (Lipinski definition) is 1. The van der Waals surface area contributed by atoms with Gasteiger partial charge in [0.15, 0.2) is 0 Å². The van der Waals surface area contributed by atoms with E-state index in [0.29, 0.717) is 16.7 Å². The second-order valence-electron chi connectivity index (χ2n) is 13.7. The van der Waals surface area contributed by atoms with Gasteiger partial charge < -0.3 is 5.11 Å². The highest BCUT2D eigenvalue weighted by molar-refractivity contribution is 5.10. The lowest BCUT2D eigenvalue weighted by Crippen LogP contribution is -2.56. The predicted octanol–water partition coefficient (Wildman–Crippen LogP) is 8.35. The molecule has 1 nitrogen and oxygen atoms in total. The van der Waals surface area contributed by atoms with Crippen LogP contribution in [0.4, 0.5) is 0 Å². The van der Waals surface area contributed by atoms with Gasteiger partial charge in [-0.05, 0) is 122 Å². The largest absolute Gasteiger partial charge is 0.393 e. The standard InChI is InChI=1S/C30H54O/c1-8-22(19(2)3)10-9-20(4)24-13-14-26-23-11-12-25-21(5)28(31)16-18-30(25,7)27(23)15-17-29(24,26)6/h19-28,31H,8-18H2,1-7H3/t20-,21+,22?,23+,24-,25+,26+,27+,28+,29-,30+/m1/s1. The first-order valence-electron chi connectivity index (χ1n) is 14.3. The molecule has 0 aliphatic heterocycles. The van der Waals surface area contributed by atoms with E-state index in [9.17, 15) is 5.11 Å². The molecule has 0 heterocycles. The van der Waals surface area contributed by atoms with Crippen LogP contribution >= 0.6 is 0 Å². The number of aliphatic hydroxyl groups excluding tert-OH is 1. The van der Waals surface area contributed by atoms with Gasteiger partial charge in [0.05, 0.1) is 6.10 Å². The first-order valence-corrected chi connectivity index (χ1v) is 14.3. The molecule has 31 heavy (non-hydrogen) atoms. The van der Waals surface area contributed by atoms with Crippen LogP contribution in [0.5, 0.6) is 0 Å². The van der Waals surface area contributed by atoms with E-state index in [4.69, 9.17) is 0 Å². The van der Waals surface area contributed by atoms with Crippen molar-refractivity contribution in [2.75, 3.05) is 0 Å². The third-order valence-electron chi connectivity index (χ3n) is 12.4. The summed E-state index contributed by atoms with van der Waals surface area (Å²) in [7, 11) is 0. The molecule has 4 fully saturated rings. The van der Waals surface area contributed by atoms with Crippen LogP contribution in [0, 0.1) is 64.1 Å². The van der Waals surface area contributed by atoms with E-state index in [2.05, 4.69) is 48.5 Å². The van der Waals surface area contributed by atoms with Crippen molar-refractivity contribution in [3.05, 3.63) is 0 Å². The third-order valence-corrected chi connectivity index (χ3v) is 12.4. The average molecular weight is 431 g/mol. The highest BCUT2D eigenvalue weighted by Crippen LogP contribution is 2.69. The van der Waals surface area contributed by atoms with Gasteiger partial charge in [0.1, 0.15) is 0 Å². The molecule has 180 valence electrons. The van der Waals surface area contributed by atoms with Gasteiger partial charge in [0, 0.05) is 0 Å². The van der Waals surface area contributed by atoms with Crippen molar-refractivity contribution in [2.45, 2.75) is 125 Å². The maximum Gasteiger partial charge on any atom is 0.0568 e. The molecule has 0 aromatic rings. The van der Waals surface area contributed by atoms with Gasteiger partial charge >= 0.3 is 0 Å². The van der Waals surface area contributed by atoms with Crippen molar-refractivity contribution < 1.29 is 5.11 Å². The van der Waals surface area contributed by atoms with Gasteiger partial charge in [-0.25, -0.2) is 0 Å². The molecule has 0 bridgehead atoms. The molecule has 0 amide bonds. The van der Waals surface area contributed by atoms with E-state index in [-0.39, 0.29) is 6.10 Å². The van der Waals surface area contributed by atoms with Crippen LogP contribution in [0.25, 0.3) is 0 Å². The summed E-state index contributed by atoms with van der Waals surface area (Å²) in [5, 5.41) is 10.6. The Labute approximate surface area is 194 Å². The van der Waals surface area contributed by atoms with Crippen molar-refractivity contribution in [1.82, 2.24) is 0 Å². The van der Waals surface area contributed by atoms with Crippen molar-refractivity contribution in [1.29, 1.82) is 0 Å². The van der Waals surface area contributed by atoms with Crippen molar-refractivity contribution >= 4 is 0 Å². The quantitative estimate of drug-likeness (QED) is 0.449. The summed E-state index contributed by atoms with van der Waals surface area (Å²) >= 11 is 0. The Morgan fingerprint density at radius 3 is 2.13 bits per heavy atom. The Morgan fingerprint density at radius 1 is 0.806 bits per heavy atom. The van der Waals surface area contributed by atoms with Crippen LogP contribution in [0.1, 0.15) is 119 Å². The molecule has 4 rings (SSSR count). The van der Waals surface area contributed by atoms with Crippen LogP contribution in [0.15, 0.2) is 0 Å². The summed E-state index contributed by atoms with van der Waals surface area (Å²) < 4.78 is 0. The number of fused-ring (bicyclic) bond motifs is 5. The molecule has 11 atom stereocenters. The lowest BCUT2D eigenvalue weighted by molar-refractivity contribution is -0.149. The molecule has 4 saturated carbocycles. The number of aliphatic hydroxyl groups is 1. The molecule has 0 aromatic carbocycles. The summed E-state index contributed by atoms with van der Waals surface area (Å²) in [6.07, 6.45) is 15.3. The Morgan fingerprint density at radius 2 is 1.45 bits per heavy atom. The molecule has 0 saturated heterocycles. The monoisotopic (exact) mass is 430 g/mol. The first-order chi connectivity index (χ1) is 14.6. The fourth-order valence-electron chi connectivity index (χ4n) is 10.4. The van der Waals surface area contributed by atoms with Gasteiger partial charge in [0.25, 0.3) is 0 Å². The maximum absolute atomic E-state index is 10.6.